The maximum Gasteiger partial charge on any atom is 0.257 e. The molecule has 0 aromatic heterocycles. The Bertz CT molecular complexity index is 963. The van der Waals surface area contributed by atoms with Crippen LogP contribution in [0.5, 0.6) is 0 Å². The van der Waals surface area contributed by atoms with E-state index in [2.05, 4.69) is 49.0 Å². The number of carbonyl (C=O) groups excluding carboxylic acids is 1. The predicted molar refractivity (Wildman–Crippen MR) is 118 cm³/mol. The van der Waals surface area contributed by atoms with Crippen LogP contribution in [0.25, 0.3) is 0 Å². The van der Waals surface area contributed by atoms with Crippen LogP contribution in [-0.4, -0.2) is 41.2 Å². The lowest BCUT2D eigenvalue weighted by Crippen LogP contribution is -2.41. The molecule has 0 aliphatic carbocycles. The van der Waals surface area contributed by atoms with Crippen molar-refractivity contribution in [1.29, 1.82) is 0 Å². The van der Waals surface area contributed by atoms with Gasteiger partial charge >= 0.3 is 0 Å². The van der Waals surface area contributed by atoms with Crippen LogP contribution in [0, 0.1) is 25.6 Å². The zero-order valence-corrected chi connectivity index (χ0v) is 18.1. The maximum atomic E-state index is 14.4. The SMILES string of the molecule is Cc1ccc(C2CC(c3ccccc3F)=NN2C(=O)CN2CCC(C)CC2)c(C)c1. The number of benzene rings is 2. The first-order valence-electron chi connectivity index (χ1n) is 10.9. The Hall–Kier alpha value is -2.53. The number of nitrogens with zero attached hydrogens (tertiary/aromatic N) is 3. The van der Waals surface area contributed by atoms with Gasteiger partial charge in [0.1, 0.15) is 5.82 Å². The molecule has 0 N–H and O–H groups in total. The fourth-order valence-electron chi connectivity index (χ4n) is 4.52. The van der Waals surface area contributed by atoms with Crippen LogP contribution in [-0.2, 0) is 4.79 Å². The second kappa shape index (κ2) is 8.68. The van der Waals surface area contributed by atoms with Crippen LogP contribution >= 0.6 is 0 Å². The lowest BCUT2D eigenvalue weighted by molar-refractivity contribution is -0.134. The summed E-state index contributed by atoms with van der Waals surface area (Å²) in [5.41, 5.74) is 4.52. The van der Waals surface area contributed by atoms with Gasteiger partial charge in [-0.1, -0.05) is 48.9 Å². The van der Waals surface area contributed by atoms with Crippen LogP contribution in [0.1, 0.15) is 54.5 Å². The first-order chi connectivity index (χ1) is 14.4. The molecule has 2 heterocycles. The van der Waals surface area contributed by atoms with Crippen molar-refractivity contribution < 1.29 is 9.18 Å². The molecule has 1 amide bonds. The minimum Gasteiger partial charge on any atom is -0.294 e. The van der Waals surface area contributed by atoms with Crippen LogP contribution in [0.4, 0.5) is 4.39 Å². The van der Waals surface area contributed by atoms with Crippen molar-refractivity contribution in [3.05, 3.63) is 70.5 Å². The van der Waals surface area contributed by atoms with Crippen LogP contribution in [0.2, 0.25) is 0 Å². The number of aryl methyl sites for hydroxylation is 2. The molecule has 0 saturated carbocycles. The predicted octanol–water partition coefficient (Wildman–Crippen LogP) is 4.85. The van der Waals surface area contributed by atoms with Gasteiger partial charge in [0.05, 0.1) is 18.3 Å². The highest BCUT2D eigenvalue weighted by Gasteiger charge is 2.35. The van der Waals surface area contributed by atoms with E-state index in [-0.39, 0.29) is 17.8 Å². The van der Waals surface area contributed by atoms with Crippen molar-refractivity contribution in [1.82, 2.24) is 9.91 Å². The van der Waals surface area contributed by atoms with E-state index in [1.165, 1.54) is 11.6 Å². The summed E-state index contributed by atoms with van der Waals surface area (Å²) in [4.78, 5) is 15.5. The summed E-state index contributed by atoms with van der Waals surface area (Å²) in [5, 5.41) is 6.26. The van der Waals surface area contributed by atoms with Gasteiger partial charge in [-0.25, -0.2) is 9.40 Å². The van der Waals surface area contributed by atoms with Crippen molar-refractivity contribution in [2.24, 2.45) is 11.0 Å². The van der Waals surface area contributed by atoms with E-state index in [1.54, 1.807) is 17.1 Å². The third kappa shape index (κ3) is 4.31. The van der Waals surface area contributed by atoms with Crippen LogP contribution < -0.4 is 0 Å². The van der Waals surface area contributed by atoms with Crippen molar-refractivity contribution >= 4 is 11.6 Å². The third-order valence-electron chi connectivity index (χ3n) is 6.37. The molecule has 158 valence electrons. The number of halogens is 1. The molecule has 4 nitrogen and oxygen atoms in total. The molecule has 2 aliphatic rings. The summed E-state index contributed by atoms with van der Waals surface area (Å²) in [6.45, 7) is 8.64. The monoisotopic (exact) mass is 407 g/mol. The van der Waals surface area contributed by atoms with Crippen LogP contribution in [0.15, 0.2) is 47.6 Å². The summed E-state index contributed by atoms with van der Waals surface area (Å²) >= 11 is 0. The molecule has 2 aromatic rings. The normalized spacial score (nSPS) is 20.5. The summed E-state index contributed by atoms with van der Waals surface area (Å²) < 4.78 is 14.4. The molecule has 30 heavy (non-hydrogen) atoms. The molecular formula is C25H30FN3O. The highest BCUT2D eigenvalue weighted by Crippen LogP contribution is 2.35. The number of hydrogen-bond donors (Lipinski definition) is 0. The Labute approximate surface area is 178 Å². The third-order valence-corrected chi connectivity index (χ3v) is 6.37. The van der Waals surface area contributed by atoms with Gasteiger partial charge in [0.25, 0.3) is 5.91 Å². The number of piperidine rings is 1. The topological polar surface area (TPSA) is 35.9 Å². The number of carbonyl (C=O) groups is 1. The van der Waals surface area contributed by atoms with E-state index in [9.17, 15) is 9.18 Å². The maximum absolute atomic E-state index is 14.4. The molecule has 1 unspecified atom stereocenters. The van der Waals surface area contributed by atoms with Gasteiger partial charge in [0.15, 0.2) is 0 Å². The van der Waals surface area contributed by atoms with E-state index in [4.69, 9.17) is 0 Å². The van der Waals surface area contributed by atoms with E-state index in [0.29, 0.717) is 24.2 Å². The van der Waals surface area contributed by atoms with Gasteiger partial charge in [-0.05, 0) is 62.9 Å². The fraction of sp³-hybridized carbons (Fsp3) is 0.440. The number of hydrazone groups is 1. The van der Waals surface area contributed by atoms with Gasteiger partial charge in [0, 0.05) is 12.0 Å². The van der Waals surface area contributed by atoms with Gasteiger partial charge < -0.3 is 0 Å². The Morgan fingerprint density at radius 2 is 1.87 bits per heavy atom. The van der Waals surface area contributed by atoms with Gasteiger partial charge in [-0.3, -0.25) is 9.69 Å². The molecule has 1 saturated heterocycles. The van der Waals surface area contributed by atoms with E-state index >= 15 is 0 Å². The van der Waals surface area contributed by atoms with Crippen LogP contribution in [0.3, 0.4) is 0 Å². The lowest BCUT2D eigenvalue weighted by Gasteiger charge is -2.31. The minimum absolute atomic E-state index is 0.0131. The van der Waals surface area contributed by atoms with Crippen molar-refractivity contribution in [2.45, 2.75) is 46.1 Å². The average Bonchev–Trinajstić information content (AvgIpc) is 3.15. The van der Waals surface area contributed by atoms with E-state index in [1.807, 2.05) is 6.07 Å². The highest BCUT2D eigenvalue weighted by molar-refractivity contribution is 6.03. The zero-order chi connectivity index (χ0) is 21.3. The summed E-state index contributed by atoms with van der Waals surface area (Å²) in [6, 6.07) is 12.8. The molecule has 0 spiro atoms. The molecule has 0 bridgehead atoms. The number of likely N-dealkylation sites (tertiary alicyclic amines) is 1. The molecule has 2 aromatic carbocycles. The molecule has 4 rings (SSSR count). The summed E-state index contributed by atoms with van der Waals surface area (Å²) in [5.74, 6) is 0.410. The highest BCUT2D eigenvalue weighted by atomic mass is 19.1. The van der Waals surface area contributed by atoms with Gasteiger partial charge in [-0.15, -0.1) is 0 Å². The first-order valence-corrected chi connectivity index (χ1v) is 10.9. The number of hydrogen-bond acceptors (Lipinski definition) is 3. The van der Waals surface area contributed by atoms with Crippen molar-refractivity contribution in [3.8, 4) is 0 Å². The molecule has 1 fully saturated rings. The number of rotatable bonds is 4. The Balaban J connectivity index is 1.63. The Morgan fingerprint density at radius 3 is 2.57 bits per heavy atom. The Kier molecular flexibility index (Phi) is 6.00. The molecule has 1 atom stereocenters. The molecular weight excluding hydrogens is 377 g/mol. The zero-order valence-electron chi connectivity index (χ0n) is 18.1. The van der Waals surface area contributed by atoms with E-state index < -0.39 is 0 Å². The second-order valence-electron chi connectivity index (χ2n) is 8.80. The van der Waals surface area contributed by atoms with Crippen molar-refractivity contribution in [2.75, 3.05) is 19.6 Å². The molecule has 5 heteroatoms. The molecule has 0 radical (unpaired) electrons. The lowest BCUT2D eigenvalue weighted by atomic mass is 9.94. The van der Waals surface area contributed by atoms with Gasteiger partial charge in [-0.2, -0.15) is 5.10 Å². The first kappa shape index (κ1) is 20.7. The smallest absolute Gasteiger partial charge is 0.257 e. The van der Waals surface area contributed by atoms with E-state index in [0.717, 1.165) is 43.0 Å². The Morgan fingerprint density at radius 1 is 1.13 bits per heavy atom. The molecule has 2 aliphatic heterocycles. The van der Waals surface area contributed by atoms with Gasteiger partial charge in [0.2, 0.25) is 0 Å². The minimum atomic E-state index is -0.296. The standard InChI is InChI=1S/C25H30FN3O/c1-17-10-12-28(13-11-17)16-25(30)29-24(20-9-8-18(2)14-19(20)3)15-23(27-29)21-6-4-5-7-22(21)26/h4-9,14,17,24H,10-13,15-16H2,1-3H3. The fourth-order valence-corrected chi connectivity index (χ4v) is 4.52. The number of amides is 1. The summed E-state index contributed by atoms with van der Waals surface area (Å²) in [7, 11) is 0. The quantitative estimate of drug-likeness (QED) is 0.726. The summed E-state index contributed by atoms with van der Waals surface area (Å²) in [6.07, 6.45) is 2.77. The largest absolute Gasteiger partial charge is 0.294 e. The second-order valence-corrected chi connectivity index (χ2v) is 8.80. The van der Waals surface area contributed by atoms with Crippen molar-refractivity contribution in [3.63, 3.8) is 0 Å². The average molecular weight is 408 g/mol.